The molecule has 0 aromatic carbocycles. The molecule has 0 saturated carbocycles. The highest BCUT2D eigenvalue weighted by atomic mass is 16.1. The van der Waals surface area contributed by atoms with Crippen molar-refractivity contribution in [3.8, 4) is 0 Å². The molecule has 2 heterocycles. The van der Waals surface area contributed by atoms with Gasteiger partial charge in [-0.3, -0.25) is 9.89 Å². The van der Waals surface area contributed by atoms with Crippen LogP contribution in [0.4, 0.5) is 5.82 Å². The van der Waals surface area contributed by atoms with Crippen molar-refractivity contribution in [3.05, 3.63) is 36.0 Å². The monoisotopic (exact) mass is 232 g/mol. The van der Waals surface area contributed by atoms with E-state index >= 15 is 0 Å². The number of pyridine rings is 1. The van der Waals surface area contributed by atoms with E-state index in [1.165, 1.54) is 6.33 Å². The molecule has 0 aliphatic heterocycles. The lowest BCUT2D eigenvalue weighted by atomic mass is 10.2. The van der Waals surface area contributed by atoms with Crippen molar-refractivity contribution >= 4 is 11.7 Å². The third-order valence-electron chi connectivity index (χ3n) is 2.27. The molecule has 0 radical (unpaired) electrons. The summed E-state index contributed by atoms with van der Waals surface area (Å²) < 4.78 is 0. The quantitative estimate of drug-likeness (QED) is 0.709. The smallest absolute Gasteiger partial charge is 0.252 e. The van der Waals surface area contributed by atoms with E-state index in [2.05, 4.69) is 25.5 Å². The first kappa shape index (κ1) is 11.1. The molecule has 7 heteroatoms. The lowest BCUT2D eigenvalue weighted by molar-refractivity contribution is 0.100. The Morgan fingerprint density at radius 1 is 1.53 bits per heavy atom. The summed E-state index contributed by atoms with van der Waals surface area (Å²) in [6.07, 6.45) is 3.00. The molecule has 0 aliphatic rings. The van der Waals surface area contributed by atoms with Crippen LogP contribution in [0, 0.1) is 0 Å². The topological polar surface area (TPSA) is 110 Å². The summed E-state index contributed by atoms with van der Waals surface area (Å²) >= 11 is 0. The number of aromatic nitrogens is 4. The fourth-order valence-corrected chi connectivity index (χ4v) is 1.42. The second-order valence-electron chi connectivity index (χ2n) is 3.50. The molecule has 1 amide bonds. The van der Waals surface area contributed by atoms with Crippen LogP contribution < -0.4 is 11.1 Å². The molecule has 2 rings (SSSR count). The molecule has 2 aromatic rings. The van der Waals surface area contributed by atoms with E-state index in [1.54, 1.807) is 18.3 Å². The number of anilines is 1. The van der Waals surface area contributed by atoms with Gasteiger partial charge in [0.2, 0.25) is 0 Å². The van der Waals surface area contributed by atoms with E-state index in [0.717, 1.165) is 0 Å². The Hall–Kier alpha value is -2.44. The number of aromatic amines is 1. The van der Waals surface area contributed by atoms with Crippen molar-refractivity contribution in [3.63, 3.8) is 0 Å². The number of carbonyl (C=O) groups excluding carboxylic acids is 1. The van der Waals surface area contributed by atoms with Crippen molar-refractivity contribution in [1.29, 1.82) is 0 Å². The van der Waals surface area contributed by atoms with Crippen LogP contribution in [0.1, 0.15) is 29.1 Å². The minimum atomic E-state index is -0.523. The van der Waals surface area contributed by atoms with Crippen LogP contribution in [0.15, 0.2) is 24.7 Å². The third-order valence-corrected chi connectivity index (χ3v) is 2.27. The number of hydrogen-bond donors (Lipinski definition) is 3. The standard InChI is InChI=1S/C10H12N6O/c1-6(9-13-5-14-16-9)15-10-7(8(11)17)3-2-4-12-10/h2-6H,1H3,(H2,11,17)(H,12,15)(H,13,14,16). The SMILES string of the molecule is CC(Nc1ncccc1C(N)=O)c1ncn[nH]1. The predicted octanol–water partition coefficient (Wildman–Crippen LogP) is 0.472. The van der Waals surface area contributed by atoms with Crippen molar-refractivity contribution in [2.75, 3.05) is 5.32 Å². The average molecular weight is 232 g/mol. The van der Waals surface area contributed by atoms with Gasteiger partial charge in [-0.1, -0.05) is 0 Å². The lowest BCUT2D eigenvalue weighted by Crippen LogP contribution is -2.17. The number of nitrogens with zero attached hydrogens (tertiary/aromatic N) is 3. The highest BCUT2D eigenvalue weighted by molar-refractivity contribution is 5.97. The van der Waals surface area contributed by atoms with Crippen LogP contribution in [0.3, 0.4) is 0 Å². The molecular formula is C10H12N6O. The van der Waals surface area contributed by atoms with Gasteiger partial charge in [0.1, 0.15) is 18.0 Å². The normalized spacial score (nSPS) is 12.1. The Bertz CT molecular complexity index is 509. The zero-order chi connectivity index (χ0) is 12.3. The van der Waals surface area contributed by atoms with Gasteiger partial charge in [0.15, 0.2) is 0 Å². The molecule has 0 spiro atoms. The maximum absolute atomic E-state index is 11.2. The van der Waals surface area contributed by atoms with Crippen molar-refractivity contribution in [1.82, 2.24) is 20.2 Å². The van der Waals surface area contributed by atoms with Crippen LogP contribution in [-0.2, 0) is 0 Å². The Morgan fingerprint density at radius 3 is 3.00 bits per heavy atom. The molecule has 0 bridgehead atoms. The molecule has 4 N–H and O–H groups in total. The number of primary amides is 1. The largest absolute Gasteiger partial charge is 0.365 e. The van der Waals surface area contributed by atoms with Crippen molar-refractivity contribution in [2.24, 2.45) is 5.73 Å². The van der Waals surface area contributed by atoms with Gasteiger partial charge in [-0.15, -0.1) is 0 Å². The van der Waals surface area contributed by atoms with Gasteiger partial charge >= 0.3 is 0 Å². The summed E-state index contributed by atoms with van der Waals surface area (Å²) in [7, 11) is 0. The molecule has 7 nitrogen and oxygen atoms in total. The summed E-state index contributed by atoms with van der Waals surface area (Å²) in [4.78, 5) is 19.3. The lowest BCUT2D eigenvalue weighted by Gasteiger charge is -2.13. The summed E-state index contributed by atoms with van der Waals surface area (Å²) in [5.41, 5.74) is 5.60. The average Bonchev–Trinajstić information content (AvgIpc) is 2.83. The van der Waals surface area contributed by atoms with E-state index in [9.17, 15) is 4.79 Å². The number of nitrogens with one attached hydrogen (secondary N) is 2. The first-order valence-corrected chi connectivity index (χ1v) is 5.05. The predicted molar refractivity (Wildman–Crippen MR) is 61.2 cm³/mol. The van der Waals surface area contributed by atoms with Crippen LogP contribution >= 0.6 is 0 Å². The molecule has 1 atom stereocenters. The Balaban J connectivity index is 2.21. The highest BCUT2D eigenvalue weighted by Crippen LogP contribution is 2.17. The summed E-state index contributed by atoms with van der Waals surface area (Å²) in [6.45, 7) is 1.87. The maximum Gasteiger partial charge on any atom is 0.252 e. The van der Waals surface area contributed by atoms with Gasteiger partial charge < -0.3 is 11.1 Å². The van der Waals surface area contributed by atoms with Crippen molar-refractivity contribution in [2.45, 2.75) is 13.0 Å². The molecular weight excluding hydrogens is 220 g/mol. The molecule has 0 saturated heterocycles. The molecule has 1 unspecified atom stereocenters. The van der Waals surface area contributed by atoms with Gasteiger partial charge in [-0.25, -0.2) is 9.97 Å². The Kier molecular flexibility index (Phi) is 2.99. The van der Waals surface area contributed by atoms with Crippen LogP contribution in [0.2, 0.25) is 0 Å². The second-order valence-corrected chi connectivity index (χ2v) is 3.50. The molecule has 17 heavy (non-hydrogen) atoms. The summed E-state index contributed by atoms with van der Waals surface area (Å²) in [5.74, 6) is 0.570. The van der Waals surface area contributed by atoms with Crippen molar-refractivity contribution < 1.29 is 4.79 Å². The van der Waals surface area contributed by atoms with Gasteiger partial charge in [0.25, 0.3) is 5.91 Å². The minimum absolute atomic E-state index is 0.148. The first-order chi connectivity index (χ1) is 8.18. The zero-order valence-corrected chi connectivity index (χ0v) is 9.21. The fraction of sp³-hybridized carbons (Fsp3) is 0.200. The molecule has 88 valence electrons. The number of H-pyrrole nitrogens is 1. The van der Waals surface area contributed by atoms with E-state index in [1.807, 2.05) is 6.92 Å². The van der Waals surface area contributed by atoms with E-state index in [0.29, 0.717) is 17.2 Å². The van der Waals surface area contributed by atoms with E-state index < -0.39 is 5.91 Å². The Labute approximate surface area is 97.5 Å². The Morgan fingerprint density at radius 2 is 2.35 bits per heavy atom. The maximum atomic E-state index is 11.2. The zero-order valence-electron chi connectivity index (χ0n) is 9.21. The van der Waals surface area contributed by atoms with Crippen LogP contribution in [-0.4, -0.2) is 26.1 Å². The van der Waals surface area contributed by atoms with E-state index in [-0.39, 0.29) is 6.04 Å². The number of rotatable bonds is 4. The third kappa shape index (κ3) is 2.39. The highest BCUT2D eigenvalue weighted by Gasteiger charge is 2.13. The molecule has 2 aromatic heterocycles. The van der Waals surface area contributed by atoms with Gasteiger partial charge in [-0.05, 0) is 19.1 Å². The summed E-state index contributed by atoms with van der Waals surface area (Å²) in [6, 6.07) is 3.13. The minimum Gasteiger partial charge on any atom is -0.365 e. The van der Waals surface area contributed by atoms with Gasteiger partial charge in [-0.2, -0.15) is 5.10 Å². The number of carbonyl (C=O) groups is 1. The van der Waals surface area contributed by atoms with E-state index in [4.69, 9.17) is 5.73 Å². The van der Waals surface area contributed by atoms with Crippen LogP contribution in [0.5, 0.6) is 0 Å². The van der Waals surface area contributed by atoms with Gasteiger partial charge in [0, 0.05) is 6.20 Å². The summed E-state index contributed by atoms with van der Waals surface area (Å²) in [5, 5.41) is 9.54. The molecule has 0 fully saturated rings. The van der Waals surface area contributed by atoms with Crippen LogP contribution in [0.25, 0.3) is 0 Å². The number of hydrogen-bond acceptors (Lipinski definition) is 5. The molecule has 0 aliphatic carbocycles. The first-order valence-electron chi connectivity index (χ1n) is 5.05. The number of nitrogens with two attached hydrogens (primary N) is 1. The number of amides is 1. The fourth-order valence-electron chi connectivity index (χ4n) is 1.42. The second kappa shape index (κ2) is 4.60. The van der Waals surface area contributed by atoms with Gasteiger partial charge in [0.05, 0.1) is 11.6 Å².